The van der Waals surface area contributed by atoms with Gasteiger partial charge in [0.25, 0.3) is 0 Å². The summed E-state index contributed by atoms with van der Waals surface area (Å²) < 4.78 is 2.65. The minimum atomic E-state index is -0.00824. The van der Waals surface area contributed by atoms with Gasteiger partial charge >= 0.3 is 0 Å². The standard InChI is InChI=1S/C16H17BrN4O/c1-11-2-4-12(5-3-11)14(6-9-22)20-16-15-13(17)10-19-21(15)8-7-18-16/h2-5,7-8,10,14,22H,6,9H2,1H3,(H,18,20). The van der Waals surface area contributed by atoms with Crippen molar-refractivity contribution in [2.45, 2.75) is 19.4 Å². The van der Waals surface area contributed by atoms with Crippen molar-refractivity contribution in [1.82, 2.24) is 14.6 Å². The van der Waals surface area contributed by atoms with Gasteiger partial charge in [-0.25, -0.2) is 9.50 Å². The fourth-order valence-electron chi connectivity index (χ4n) is 2.43. The number of aliphatic hydroxyl groups is 1. The normalized spacial score (nSPS) is 12.5. The van der Waals surface area contributed by atoms with Gasteiger partial charge in [0, 0.05) is 19.0 Å². The van der Waals surface area contributed by atoms with E-state index in [9.17, 15) is 5.11 Å². The molecule has 1 unspecified atom stereocenters. The van der Waals surface area contributed by atoms with Crippen LogP contribution < -0.4 is 5.32 Å². The number of rotatable bonds is 5. The summed E-state index contributed by atoms with van der Waals surface area (Å²) in [4.78, 5) is 4.42. The molecule has 2 heterocycles. The van der Waals surface area contributed by atoms with Crippen LogP contribution in [0.15, 0.2) is 47.3 Å². The molecule has 1 atom stereocenters. The molecule has 0 saturated carbocycles. The Morgan fingerprint density at radius 3 is 2.82 bits per heavy atom. The number of hydrogen-bond acceptors (Lipinski definition) is 4. The zero-order valence-corrected chi connectivity index (χ0v) is 13.8. The molecule has 3 aromatic rings. The molecule has 1 aromatic carbocycles. The maximum absolute atomic E-state index is 9.37. The van der Waals surface area contributed by atoms with Gasteiger partial charge in [0.05, 0.1) is 16.7 Å². The monoisotopic (exact) mass is 360 g/mol. The Labute approximate surface area is 137 Å². The van der Waals surface area contributed by atoms with Crippen LogP contribution in [-0.2, 0) is 0 Å². The van der Waals surface area contributed by atoms with Crippen molar-refractivity contribution in [2.75, 3.05) is 11.9 Å². The second-order valence-corrected chi connectivity index (χ2v) is 6.04. The SMILES string of the molecule is Cc1ccc(C(CCO)Nc2nccn3ncc(Br)c23)cc1. The minimum absolute atomic E-state index is 0.00824. The summed E-state index contributed by atoms with van der Waals surface area (Å²) >= 11 is 3.50. The Kier molecular flexibility index (Phi) is 4.40. The maximum Gasteiger partial charge on any atom is 0.153 e. The van der Waals surface area contributed by atoms with E-state index in [1.54, 1.807) is 23.1 Å². The van der Waals surface area contributed by atoms with Gasteiger partial charge in [-0.05, 0) is 34.8 Å². The number of anilines is 1. The Hall–Kier alpha value is -1.92. The molecule has 2 aromatic heterocycles. The summed E-state index contributed by atoms with van der Waals surface area (Å²) in [6.45, 7) is 2.17. The summed E-state index contributed by atoms with van der Waals surface area (Å²) in [5.74, 6) is 0.742. The van der Waals surface area contributed by atoms with Crippen molar-refractivity contribution in [3.8, 4) is 0 Å². The topological polar surface area (TPSA) is 62.5 Å². The van der Waals surface area contributed by atoms with E-state index in [1.807, 2.05) is 0 Å². The van der Waals surface area contributed by atoms with Gasteiger partial charge in [-0.15, -0.1) is 0 Å². The van der Waals surface area contributed by atoms with Crippen molar-refractivity contribution >= 4 is 27.3 Å². The lowest BCUT2D eigenvalue weighted by atomic mass is 10.0. The predicted octanol–water partition coefficient (Wildman–Crippen LogP) is 3.34. The molecule has 0 aliphatic heterocycles. The van der Waals surface area contributed by atoms with Crippen molar-refractivity contribution in [3.05, 3.63) is 58.5 Å². The maximum atomic E-state index is 9.37. The van der Waals surface area contributed by atoms with Crippen LogP contribution in [0.4, 0.5) is 5.82 Å². The Morgan fingerprint density at radius 1 is 1.32 bits per heavy atom. The van der Waals surface area contributed by atoms with Crippen molar-refractivity contribution in [1.29, 1.82) is 0 Å². The summed E-state index contributed by atoms with van der Waals surface area (Å²) in [6.07, 6.45) is 5.87. The number of benzene rings is 1. The van der Waals surface area contributed by atoms with Crippen LogP contribution in [0.25, 0.3) is 5.52 Å². The molecule has 114 valence electrons. The first-order valence-electron chi connectivity index (χ1n) is 7.11. The largest absolute Gasteiger partial charge is 0.396 e. The van der Waals surface area contributed by atoms with E-state index in [0.717, 1.165) is 21.4 Å². The first-order valence-corrected chi connectivity index (χ1v) is 7.90. The quantitative estimate of drug-likeness (QED) is 0.732. The minimum Gasteiger partial charge on any atom is -0.396 e. The number of aliphatic hydroxyl groups excluding tert-OH is 1. The van der Waals surface area contributed by atoms with Crippen LogP contribution in [0.3, 0.4) is 0 Å². The summed E-state index contributed by atoms with van der Waals surface area (Å²) in [7, 11) is 0. The van der Waals surface area contributed by atoms with Gasteiger partial charge < -0.3 is 10.4 Å². The van der Waals surface area contributed by atoms with Crippen LogP contribution in [-0.4, -0.2) is 26.3 Å². The number of nitrogens with zero attached hydrogens (tertiary/aromatic N) is 3. The first kappa shape index (κ1) is 15.0. The Morgan fingerprint density at radius 2 is 2.09 bits per heavy atom. The lowest BCUT2D eigenvalue weighted by Crippen LogP contribution is -2.14. The zero-order valence-electron chi connectivity index (χ0n) is 12.2. The van der Waals surface area contributed by atoms with Gasteiger partial charge in [-0.3, -0.25) is 0 Å². The highest BCUT2D eigenvalue weighted by molar-refractivity contribution is 9.10. The molecular weight excluding hydrogens is 344 g/mol. The van der Waals surface area contributed by atoms with E-state index in [2.05, 4.69) is 62.5 Å². The van der Waals surface area contributed by atoms with Gasteiger partial charge in [0.1, 0.15) is 5.52 Å². The summed E-state index contributed by atoms with van der Waals surface area (Å²) in [5, 5.41) is 17.1. The van der Waals surface area contributed by atoms with Gasteiger partial charge in [-0.1, -0.05) is 29.8 Å². The van der Waals surface area contributed by atoms with Gasteiger partial charge in [0.15, 0.2) is 5.82 Å². The van der Waals surface area contributed by atoms with E-state index >= 15 is 0 Å². The molecule has 2 N–H and O–H groups in total. The third kappa shape index (κ3) is 2.98. The molecule has 0 saturated heterocycles. The molecule has 0 fully saturated rings. The Bertz CT molecular complexity index is 769. The average molecular weight is 361 g/mol. The molecule has 0 bridgehead atoms. The molecule has 3 rings (SSSR count). The lowest BCUT2D eigenvalue weighted by molar-refractivity contribution is 0.280. The van der Waals surface area contributed by atoms with Crippen molar-refractivity contribution in [2.24, 2.45) is 0 Å². The number of aryl methyl sites for hydroxylation is 1. The highest BCUT2D eigenvalue weighted by Gasteiger charge is 2.15. The summed E-state index contributed by atoms with van der Waals surface area (Å²) in [5.41, 5.74) is 3.22. The van der Waals surface area contributed by atoms with E-state index in [0.29, 0.717) is 6.42 Å². The third-order valence-corrected chi connectivity index (χ3v) is 4.18. The number of hydrogen-bond donors (Lipinski definition) is 2. The predicted molar refractivity (Wildman–Crippen MR) is 89.9 cm³/mol. The van der Waals surface area contributed by atoms with Crippen molar-refractivity contribution in [3.63, 3.8) is 0 Å². The molecule has 22 heavy (non-hydrogen) atoms. The number of nitrogens with one attached hydrogen (secondary N) is 1. The molecule has 0 aliphatic carbocycles. The van der Waals surface area contributed by atoms with Crippen LogP contribution in [0.1, 0.15) is 23.6 Å². The average Bonchev–Trinajstić information content (AvgIpc) is 2.90. The highest BCUT2D eigenvalue weighted by atomic mass is 79.9. The van der Waals surface area contributed by atoms with E-state index in [1.165, 1.54) is 5.56 Å². The molecule has 6 heteroatoms. The second-order valence-electron chi connectivity index (χ2n) is 5.18. The van der Waals surface area contributed by atoms with E-state index in [4.69, 9.17) is 0 Å². The molecule has 0 aliphatic rings. The van der Waals surface area contributed by atoms with Gasteiger partial charge in [-0.2, -0.15) is 5.10 Å². The second kappa shape index (κ2) is 6.46. The van der Waals surface area contributed by atoms with Crippen LogP contribution in [0, 0.1) is 6.92 Å². The fraction of sp³-hybridized carbons (Fsp3) is 0.250. The smallest absolute Gasteiger partial charge is 0.153 e. The molecule has 0 amide bonds. The van der Waals surface area contributed by atoms with Gasteiger partial charge in [0.2, 0.25) is 0 Å². The fourth-order valence-corrected chi connectivity index (χ4v) is 2.89. The molecule has 0 spiro atoms. The lowest BCUT2D eigenvalue weighted by Gasteiger charge is -2.19. The van der Waals surface area contributed by atoms with E-state index in [-0.39, 0.29) is 12.6 Å². The number of halogens is 1. The highest BCUT2D eigenvalue weighted by Crippen LogP contribution is 2.28. The number of aromatic nitrogens is 3. The van der Waals surface area contributed by atoms with Crippen molar-refractivity contribution < 1.29 is 5.11 Å². The van der Waals surface area contributed by atoms with Crippen LogP contribution in [0.2, 0.25) is 0 Å². The van der Waals surface area contributed by atoms with E-state index < -0.39 is 0 Å². The Balaban J connectivity index is 1.96. The van der Waals surface area contributed by atoms with Crippen LogP contribution in [0.5, 0.6) is 0 Å². The molecule has 5 nitrogen and oxygen atoms in total. The zero-order chi connectivity index (χ0) is 15.5. The molecule has 0 radical (unpaired) electrons. The van der Waals surface area contributed by atoms with Crippen LogP contribution >= 0.6 is 15.9 Å². The third-order valence-electron chi connectivity index (χ3n) is 3.60. The first-order chi connectivity index (χ1) is 10.7. The molecular formula is C16H17BrN4O. The summed E-state index contributed by atoms with van der Waals surface area (Å²) in [6, 6.07) is 8.29. The number of fused-ring (bicyclic) bond motifs is 1.